The largest absolute Gasteiger partial charge is 0.494 e. The summed E-state index contributed by atoms with van der Waals surface area (Å²) in [5, 5.41) is 3.46. The van der Waals surface area contributed by atoms with Gasteiger partial charge in [-0.25, -0.2) is 0 Å². The van der Waals surface area contributed by atoms with Crippen LogP contribution in [0.25, 0.3) is 0 Å². The van der Waals surface area contributed by atoms with E-state index in [4.69, 9.17) is 30.5 Å². The minimum Gasteiger partial charge on any atom is -0.494 e. The molecule has 1 aliphatic heterocycles. The molecule has 8 nitrogen and oxygen atoms in total. The van der Waals surface area contributed by atoms with Crippen LogP contribution in [0.1, 0.15) is 12.8 Å². The molecule has 9 heteroatoms. The fourth-order valence-electron chi connectivity index (χ4n) is 3.70. The number of nitrogens with zero attached hydrogens (tertiary/aromatic N) is 1. The van der Waals surface area contributed by atoms with Crippen molar-refractivity contribution in [2.75, 3.05) is 43.7 Å². The highest BCUT2D eigenvalue weighted by Crippen LogP contribution is 2.35. The van der Waals surface area contributed by atoms with E-state index in [0.717, 1.165) is 18.6 Å². The summed E-state index contributed by atoms with van der Waals surface area (Å²) in [6.07, 6.45) is 1.50. The van der Waals surface area contributed by atoms with E-state index >= 15 is 0 Å². The van der Waals surface area contributed by atoms with Crippen molar-refractivity contribution in [3.8, 4) is 23.0 Å². The SMILES string of the molecule is COc1ccccc1OCC(=O)Nc1ccc2c(c1)N(CCCCOc1ccc(Cl)cc1)C(=O)CO2. The highest BCUT2D eigenvalue weighted by Gasteiger charge is 2.25. The summed E-state index contributed by atoms with van der Waals surface area (Å²) in [6, 6.07) is 19.5. The first kappa shape index (κ1) is 25.2. The van der Waals surface area contributed by atoms with E-state index in [-0.39, 0.29) is 25.0 Å². The first-order chi connectivity index (χ1) is 17.5. The average molecular weight is 511 g/mol. The van der Waals surface area contributed by atoms with Crippen molar-refractivity contribution in [3.05, 3.63) is 71.8 Å². The van der Waals surface area contributed by atoms with Crippen LogP contribution in [-0.2, 0) is 9.59 Å². The van der Waals surface area contributed by atoms with Crippen molar-refractivity contribution >= 4 is 34.8 Å². The van der Waals surface area contributed by atoms with E-state index in [1.54, 1.807) is 53.4 Å². The van der Waals surface area contributed by atoms with Crippen molar-refractivity contribution in [1.29, 1.82) is 0 Å². The summed E-state index contributed by atoms with van der Waals surface area (Å²) >= 11 is 5.89. The Morgan fingerprint density at radius 3 is 2.58 bits per heavy atom. The van der Waals surface area contributed by atoms with Gasteiger partial charge in [0.2, 0.25) is 0 Å². The minimum atomic E-state index is -0.338. The maximum Gasteiger partial charge on any atom is 0.265 e. The molecule has 0 spiro atoms. The van der Waals surface area contributed by atoms with Gasteiger partial charge in [-0.1, -0.05) is 23.7 Å². The number of carbonyl (C=O) groups is 2. The van der Waals surface area contributed by atoms with Crippen molar-refractivity contribution in [3.63, 3.8) is 0 Å². The molecule has 0 bridgehead atoms. The number of unbranched alkanes of at least 4 members (excludes halogenated alkanes) is 1. The average Bonchev–Trinajstić information content (AvgIpc) is 2.89. The number of ether oxygens (including phenoxy) is 4. The molecule has 0 aromatic heterocycles. The molecule has 0 fully saturated rings. The molecule has 0 radical (unpaired) electrons. The first-order valence-electron chi connectivity index (χ1n) is 11.5. The van der Waals surface area contributed by atoms with E-state index in [1.165, 1.54) is 7.11 Å². The van der Waals surface area contributed by atoms with Gasteiger partial charge in [-0.2, -0.15) is 0 Å². The zero-order valence-electron chi connectivity index (χ0n) is 19.9. The topological polar surface area (TPSA) is 86.3 Å². The molecule has 1 N–H and O–H groups in total. The molecule has 0 saturated carbocycles. The monoisotopic (exact) mass is 510 g/mol. The quantitative estimate of drug-likeness (QED) is 0.367. The summed E-state index contributed by atoms with van der Waals surface area (Å²) in [4.78, 5) is 26.7. The number of halogens is 1. The van der Waals surface area contributed by atoms with E-state index in [2.05, 4.69) is 5.32 Å². The molecular formula is C27H27ClN2O6. The number of anilines is 2. The number of hydrogen-bond donors (Lipinski definition) is 1. The Balaban J connectivity index is 1.31. The Kier molecular flexibility index (Phi) is 8.52. The van der Waals surface area contributed by atoms with Crippen LogP contribution in [0.2, 0.25) is 5.02 Å². The summed E-state index contributed by atoms with van der Waals surface area (Å²) in [7, 11) is 1.54. The van der Waals surface area contributed by atoms with E-state index < -0.39 is 0 Å². The van der Waals surface area contributed by atoms with Gasteiger partial charge >= 0.3 is 0 Å². The van der Waals surface area contributed by atoms with Gasteiger partial charge in [-0.05, 0) is 67.4 Å². The summed E-state index contributed by atoms with van der Waals surface area (Å²) in [6.45, 7) is 0.819. The third-order valence-electron chi connectivity index (χ3n) is 5.47. The lowest BCUT2D eigenvalue weighted by Crippen LogP contribution is -2.39. The number of methoxy groups -OCH3 is 1. The summed E-state index contributed by atoms with van der Waals surface area (Å²) in [5.74, 6) is 1.89. The molecule has 4 rings (SSSR count). The molecule has 1 aliphatic rings. The lowest BCUT2D eigenvalue weighted by molar-refractivity contribution is -0.121. The number of para-hydroxylation sites is 2. The molecule has 0 aliphatic carbocycles. The molecule has 36 heavy (non-hydrogen) atoms. The van der Waals surface area contributed by atoms with Gasteiger partial charge in [0.25, 0.3) is 11.8 Å². The summed E-state index contributed by atoms with van der Waals surface area (Å²) < 4.78 is 22.1. The minimum absolute atomic E-state index is 0.0211. The molecule has 2 amide bonds. The standard InChI is InChI=1S/C27H27ClN2O6/c1-33-24-6-2-3-7-25(24)35-17-26(31)29-20-10-13-23-22(16-20)30(27(32)18-36-23)14-4-5-15-34-21-11-8-19(28)9-12-21/h2-3,6-13,16H,4-5,14-15,17-18H2,1H3,(H,29,31). The van der Waals surface area contributed by atoms with Gasteiger partial charge in [0, 0.05) is 17.3 Å². The first-order valence-corrected chi connectivity index (χ1v) is 11.9. The fourth-order valence-corrected chi connectivity index (χ4v) is 3.82. The molecule has 0 atom stereocenters. The lowest BCUT2D eigenvalue weighted by atomic mass is 10.2. The number of hydrogen-bond acceptors (Lipinski definition) is 6. The number of fused-ring (bicyclic) bond motifs is 1. The number of amides is 2. The molecule has 0 unspecified atom stereocenters. The number of benzene rings is 3. The Morgan fingerprint density at radius 1 is 1.03 bits per heavy atom. The van der Waals surface area contributed by atoms with Crippen molar-refractivity contribution in [1.82, 2.24) is 0 Å². The van der Waals surface area contributed by atoms with Crippen LogP contribution in [0.4, 0.5) is 11.4 Å². The molecule has 3 aromatic carbocycles. The zero-order chi connectivity index (χ0) is 25.3. The maximum absolute atomic E-state index is 12.6. The lowest BCUT2D eigenvalue weighted by Gasteiger charge is -2.30. The highest BCUT2D eigenvalue weighted by atomic mass is 35.5. The second-order valence-corrected chi connectivity index (χ2v) is 8.45. The van der Waals surface area contributed by atoms with Gasteiger partial charge < -0.3 is 29.2 Å². The van der Waals surface area contributed by atoms with E-state index in [9.17, 15) is 9.59 Å². The second kappa shape index (κ2) is 12.2. The zero-order valence-corrected chi connectivity index (χ0v) is 20.6. The third kappa shape index (κ3) is 6.60. The van der Waals surface area contributed by atoms with Crippen LogP contribution in [-0.4, -0.2) is 45.3 Å². The van der Waals surface area contributed by atoms with Crippen LogP contribution < -0.4 is 29.2 Å². The molecule has 188 valence electrons. The van der Waals surface area contributed by atoms with Crippen LogP contribution in [0.3, 0.4) is 0 Å². The highest BCUT2D eigenvalue weighted by molar-refractivity contribution is 6.30. The van der Waals surface area contributed by atoms with Gasteiger partial charge in [-0.15, -0.1) is 0 Å². The van der Waals surface area contributed by atoms with Crippen molar-refractivity contribution in [2.45, 2.75) is 12.8 Å². The van der Waals surface area contributed by atoms with E-state index in [1.807, 2.05) is 18.2 Å². The predicted octanol–water partition coefficient (Wildman–Crippen LogP) is 4.95. The molecule has 0 saturated heterocycles. The maximum atomic E-state index is 12.6. The smallest absolute Gasteiger partial charge is 0.265 e. The van der Waals surface area contributed by atoms with Gasteiger partial charge in [0.05, 0.1) is 19.4 Å². The second-order valence-electron chi connectivity index (χ2n) is 8.01. The number of nitrogens with one attached hydrogen (secondary N) is 1. The molecule has 1 heterocycles. The number of rotatable bonds is 11. The van der Waals surface area contributed by atoms with Crippen molar-refractivity contribution in [2.24, 2.45) is 0 Å². The van der Waals surface area contributed by atoms with Gasteiger partial charge in [0.1, 0.15) is 11.5 Å². The number of carbonyl (C=O) groups excluding carboxylic acids is 2. The van der Waals surface area contributed by atoms with Crippen LogP contribution in [0, 0.1) is 0 Å². The Morgan fingerprint density at radius 2 is 1.81 bits per heavy atom. The van der Waals surface area contributed by atoms with Crippen molar-refractivity contribution < 1.29 is 28.5 Å². The van der Waals surface area contributed by atoms with Gasteiger partial charge in [-0.3, -0.25) is 9.59 Å². The fraction of sp³-hybridized carbons (Fsp3) is 0.259. The molecular weight excluding hydrogens is 484 g/mol. The Labute approximate surface area is 214 Å². The van der Waals surface area contributed by atoms with Crippen LogP contribution in [0.15, 0.2) is 66.7 Å². The summed E-state index contributed by atoms with van der Waals surface area (Å²) in [5.41, 5.74) is 1.16. The normalized spacial score (nSPS) is 12.4. The van der Waals surface area contributed by atoms with Crippen LogP contribution >= 0.6 is 11.6 Å². The van der Waals surface area contributed by atoms with E-state index in [0.29, 0.717) is 46.8 Å². The molecule has 3 aromatic rings. The Bertz CT molecular complexity index is 1200. The predicted molar refractivity (Wildman–Crippen MR) is 138 cm³/mol. The van der Waals surface area contributed by atoms with Crippen LogP contribution in [0.5, 0.6) is 23.0 Å². The van der Waals surface area contributed by atoms with Gasteiger partial charge in [0.15, 0.2) is 24.7 Å². The third-order valence-corrected chi connectivity index (χ3v) is 5.72. The Hall–Kier alpha value is -3.91.